The summed E-state index contributed by atoms with van der Waals surface area (Å²) in [7, 11) is -3.83. The Bertz CT molecular complexity index is 1330. The summed E-state index contributed by atoms with van der Waals surface area (Å²) in [6.07, 6.45) is 3.70. The molecule has 5 rings (SSSR count). The maximum Gasteiger partial charge on any atom is 0.268 e. The van der Waals surface area contributed by atoms with Gasteiger partial charge in [0.05, 0.1) is 28.3 Å². The molecule has 3 aromatic rings. The Kier molecular flexibility index (Phi) is 4.11. The van der Waals surface area contributed by atoms with Crippen LogP contribution in [0.4, 0.5) is 0 Å². The number of carbonyl (C=O) groups is 1. The predicted molar refractivity (Wildman–Crippen MR) is 115 cm³/mol. The molecule has 0 saturated heterocycles. The molecule has 0 N–H and O–H groups in total. The zero-order valence-electron chi connectivity index (χ0n) is 17.2. The van der Waals surface area contributed by atoms with Crippen molar-refractivity contribution in [3.63, 3.8) is 0 Å². The summed E-state index contributed by atoms with van der Waals surface area (Å²) in [6, 6.07) is 12.7. The van der Waals surface area contributed by atoms with Crippen LogP contribution >= 0.6 is 0 Å². The minimum Gasteiger partial charge on any atom is -0.364 e. The van der Waals surface area contributed by atoms with E-state index >= 15 is 0 Å². The molecule has 0 fully saturated rings. The highest BCUT2D eigenvalue weighted by molar-refractivity contribution is 7.90. The Morgan fingerprint density at radius 1 is 1.07 bits per heavy atom. The molecular weight excluding hydrogens is 398 g/mol. The Morgan fingerprint density at radius 3 is 2.50 bits per heavy atom. The summed E-state index contributed by atoms with van der Waals surface area (Å²) in [5, 5.41) is 0.869. The van der Waals surface area contributed by atoms with Crippen molar-refractivity contribution >= 4 is 26.7 Å². The third-order valence-corrected chi connectivity index (χ3v) is 8.11. The van der Waals surface area contributed by atoms with Gasteiger partial charge in [0, 0.05) is 17.7 Å². The van der Waals surface area contributed by atoms with Gasteiger partial charge in [-0.2, -0.15) is 0 Å². The SMILES string of the molecule is Cc1ccc(S(=O)(=O)n2c3c(c4ccc(C)cc42)[C@H]2CC(=O)C=C[C@@]2(C)OC3)cc1. The number of aromatic nitrogens is 1. The molecule has 0 amide bonds. The van der Waals surface area contributed by atoms with Gasteiger partial charge in [0.2, 0.25) is 0 Å². The van der Waals surface area contributed by atoms with Gasteiger partial charge in [0.25, 0.3) is 10.0 Å². The van der Waals surface area contributed by atoms with Gasteiger partial charge in [0.15, 0.2) is 5.78 Å². The largest absolute Gasteiger partial charge is 0.364 e. The molecule has 0 bridgehead atoms. The van der Waals surface area contributed by atoms with Crippen LogP contribution in [0.3, 0.4) is 0 Å². The second-order valence-corrected chi connectivity index (χ2v) is 10.3. The molecule has 0 spiro atoms. The van der Waals surface area contributed by atoms with E-state index in [-0.39, 0.29) is 23.2 Å². The minimum absolute atomic E-state index is 0.0309. The molecule has 30 heavy (non-hydrogen) atoms. The van der Waals surface area contributed by atoms with Gasteiger partial charge in [-0.15, -0.1) is 0 Å². The summed E-state index contributed by atoms with van der Waals surface area (Å²) >= 11 is 0. The van der Waals surface area contributed by atoms with Crippen LogP contribution in [0.1, 0.15) is 41.6 Å². The lowest BCUT2D eigenvalue weighted by Gasteiger charge is -2.41. The number of carbonyl (C=O) groups excluding carboxylic acids is 1. The zero-order valence-corrected chi connectivity index (χ0v) is 18.0. The van der Waals surface area contributed by atoms with Gasteiger partial charge in [-0.1, -0.05) is 29.8 Å². The highest BCUT2D eigenvalue weighted by Gasteiger charge is 2.45. The van der Waals surface area contributed by atoms with Gasteiger partial charge in [-0.25, -0.2) is 12.4 Å². The number of hydrogen-bond acceptors (Lipinski definition) is 4. The molecule has 1 aliphatic carbocycles. The zero-order chi connectivity index (χ0) is 21.3. The average molecular weight is 422 g/mol. The van der Waals surface area contributed by atoms with Crippen LogP contribution in [-0.4, -0.2) is 23.8 Å². The first-order chi connectivity index (χ1) is 14.2. The van der Waals surface area contributed by atoms with Crippen LogP contribution in [0, 0.1) is 13.8 Å². The topological polar surface area (TPSA) is 65.4 Å². The standard InChI is InChI=1S/C24H23NO4S/c1-15-4-7-18(8-5-15)30(27,28)25-21-12-16(2)6-9-19(21)23-20-13-17(26)10-11-24(20,3)29-14-22(23)25/h4-12,20H,13-14H2,1-3H3/t20-,24-/m1/s1. The molecule has 2 aromatic carbocycles. The van der Waals surface area contributed by atoms with E-state index in [2.05, 4.69) is 0 Å². The van der Waals surface area contributed by atoms with E-state index in [1.54, 1.807) is 30.3 Å². The lowest BCUT2D eigenvalue weighted by Crippen LogP contribution is -2.42. The third-order valence-electron chi connectivity index (χ3n) is 6.34. The molecule has 154 valence electrons. The summed E-state index contributed by atoms with van der Waals surface area (Å²) in [6.45, 7) is 6.01. The van der Waals surface area contributed by atoms with Crippen LogP contribution < -0.4 is 0 Å². The van der Waals surface area contributed by atoms with E-state index in [4.69, 9.17) is 4.74 Å². The number of ether oxygens (including phenoxy) is 1. The number of aryl methyl sites for hydroxylation is 2. The highest BCUT2D eigenvalue weighted by Crippen LogP contribution is 2.48. The first kappa shape index (κ1) is 19.3. The lowest BCUT2D eigenvalue weighted by atomic mass is 9.74. The van der Waals surface area contributed by atoms with Crippen molar-refractivity contribution in [2.75, 3.05) is 0 Å². The lowest BCUT2D eigenvalue weighted by molar-refractivity contribution is -0.119. The molecule has 2 aliphatic rings. The van der Waals surface area contributed by atoms with E-state index in [9.17, 15) is 13.2 Å². The fraction of sp³-hybridized carbons (Fsp3) is 0.292. The quantitative estimate of drug-likeness (QED) is 0.615. The summed E-state index contributed by atoms with van der Waals surface area (Å²) in [5.74, 6) is -0.193. The first-order valence-electron chi connectivity index (χ1n) is 10.0. The van der Waals surface area contributed by atoms with Crippen molar-refractivity contribution in [1.29, 1.82) is 0 Å². The Labute approximate surface area is 176 Å². The van der Waals surface area contributed by atoms with Crippen molar-refractivity contribution in [3.8, 4) is 0 Å². The van der Waals surface area contributed by atoms with Crippen LogP contribution in [0.15, 0.2) is 59.5 Å². The van der Waals surface area contributed by atoms with Crippen LogP contribution in [-0.2, 0) is 26.2 Å². The minimum atomic E-state index is -3.83. The maximum atomic E-state index is 13.7. The van der Waals surface area contributed by atoms with E-state index in [1.807, 2.05) is 45.0 Å². The molecule has 1 aliphatic heterocycles. The summed E-state index contributed by atoms with van der Waals surface area (Å²) in [5.41, 5.74) is 3.50. The van der Waals surface area contributed by atoms with Gasteiger partial charge >= 0.3 is 0 Å². The second kappa shape index (κ2) is 6.40. The number of nitrogens with zero attached hydrogens (tertiary/aromatic N) is 1. The van der Waals surface area contributed by atoms with Crippen molar-refractivity contribution < 1.29 is 17.9 Å². The average Bonchev–Trinajstić information content (AvgIpc) is 3.03. The number of allylic oxidation sites excluding steroid dienone is 1. The second-order valence-electron chi connectivity index (χ2n) is 8.49. The van der Waals surface area contributed by atoms with Crippen molar-refractivity contribution in [3.05, 3.63) is 77.0 Å². The Hall–Kier alpha value is -2.70. The number of ketones is 1. The van der Waals surface area contributed by atoms with Crippen molar-refractivity contribution in [1.82, 2.24) is 3.97 Å². The number of benzene rings is 2. The highest BCUT2D eigenvalue weighted by atomic mass is 32.2. The van der Waals surface area contributed by atoms with E-state index in [0.29, 0.717) is 17.6 Å². The van der Waals surface area contributed by atoms with Crippen LogP contribution in [0.5, 0.6) is 0 Å². The molecule has 0 radical (unpaired) electrons. The Balaban J connectivity index is 1.83. The number of hydrogen-bond donors (Lipinski definition) is 0. The van der Waals surface area contributed by atoms with Crippen molar-refractivity contribution in [2.24, 2.45) is 0 Å². The fourth-order valence-corrected chi connectivity index (χ4v) is 6.21. The van der Waals surface area contributed by atoms with Gasteiger partial charge in [-0.05, 0) is 62.2 Å². The van der Waals surface area contributed by atoms with Gasteiger partial charge < -0.3 is 4.74 Å². The van der Waals surface area contributed by atoms with E-state index in [1.165, 1.54) is 3.97 Å². The Morgan fingerprint density at radius 2 is 1.77 bits per heavy atom. The number of rotatable bonds is 2. The molecule has 6 heteroatoms. The van der Waals surface area contributed by atoms with E-state index in [0.717, 1.165) is 22.1 Å². The fourth-order valence-electron chi connectivity index (χ4n) is 4.67. The predicted octanol–water partition coefficient (Wildman–Crippen LogP) is 4.40. The first-order valence-corrected chi connectivity index (χ1v) is 11.5. The molecule has 0 unspecified atom stereocenters. The van der Waals surface area contributed by atoms with Crippen LogP contribution in [0.2, 0.25) is 0 Å². The summed E-state index contributed by atoms with van der Waals surface area (Å²) < 4.78 is 35.1. The van der Waals surface area contributed by atoms with Crippen LogP contribution in [0.25, 0.3) is 10.9 Å². The molecule has 0 saturated carbocycles. The van der Waals surface area contributed by atoms with E-state index < -0.39 is 15.6 Å². The third kappa shape index (κ3) is 2.71. The van der Waals surface area contributed by atoms with Crippen molar-refractivity contribution in [2.45, 2.75) is 50.2 Å². The van der Waals surface area contributed by atoms with Gasteiger partial charge in [-0.3, -0.25) is 4.79 Å². The molecular formula is C24H23NO4S. The molecule has 1 aromatic heterocycles. The molecule has 2 atom stereocenters. The monoisotopic (exact) mass is 421 g/mol. The summed E-state index contributed by atoms with van der Waals surface area (Å²) in [4.78, 5) is 12.5. The number of fused-ring (bicyclic) bond motifs is 5. The smallest absolute Gasteiger partial charge is 0.268 e. The normalized spacial score (nSPS) is 23.4. The molecule has 5 nitrogen and oxygen atoms in total. The molecule has 2 heterocycles. The maximum absolute atomic E-state index is 13.7. The van der Waals surface area contributed by atoms with Gasteiger partial charge in [0.1, 0.15) is 0 Å².